The largest absolute Gasteiger partial charge is 0.393 e. The van der Waals surface area contributed by atoms with Gasteiger partial charge >= 0.3 is 0 Å². The number of aliphatic hydroxyl groups excluding tert-OH is 3. The van der Waals surface area contributed by atoms with Crippen molar-refractivity contribution in [2.75, 3.05) is 20.2 Å². The molecule has 0 unspecified atom stereocenters. The highest BCUT2D eigenvalue weighted by atomic mass is 16.6. The smallest absolute Gasteiger partial charge is 0.160 e. The SMILES string of the molecule is CNCC[C@]1(C)C(=O)C[C@]2(CC[C@H](O)C2)[C@@]2(C)[C@H]3[C@H](O)[C@H]4Cn5cc(Cc6cc(C7CCCCC7)cc([C@@H]7CCOC8(CCCCC8)C7)c6)c6[nH]cc(c65)CC[C@@](C)(C[C@@H](O)[C@H]5OC5(C)C)C5=C4[C@](C)(CC5=O)[C@@]3(C)CC[C@H]21. The molecule has 2 aromatic heterocycles. The van der Waals surface area contributed by atoms with Crippen LogP contribution in [0.15, 0.2) is 41.7 Å². The number of hydrogen-bond acceptors (Lipinski definition) is 8. The lowest BCUT2D eigenvalue weighted by Gasteiger charge is -2.74. The van der Waals surface area contributed by atoms with Crippen molar-refractivity contribution >= 4 is 22.6 Å². The monoisotopic (exact) mass is 1070 g/mol. The molecule has 1 aromatic carbocycles. The number of aromatic amines is 1. The minimum absolute atomic E-state index is 0.00920. The first-order chi connectivity index (χ1) is 37.1. The van der Waals surface area contributed by atoms with E-state index < -0.39 is 62.3 Å². The Morgan fingerprint density at radius 2 is 1.56 bits per heavy atom. The number of epoxide rings is 1. The summed E-state index contributed by atoms with van der Waals surface area (Å²) in [6.45, 7) is 18.0. The van der Waals surface area contributed by atoms with E-state index in [1.54, 1.807) is 0 Å². The Morgan fingerprint density at radius 3 is 2.27 bits per heavy atom. The Bertz CT molecular complexity index is 2880. The lowest BCUT2D eigenvalue weighted by atomic mass is 9.30. The summed E-state index contributed by atoms with van der Waals surface area (Å²) in [6, 6.07) is 7.74. The predicted molar refractivity (Wildman–Crippen MR) is 306 cm³/mol. The number of nitrogens with zero attached hydrogens (tertiary/aromatic N) is 1. The third kappa shape index (κ3) is 8.08. The standard InChI is InChI=1S/C68H97N3O7/c1-61(2)60(78-61)51(74)35-62(3)23-17-44-38-70-56-47(31-41-29-45(42-15-11-9-12-16-42)32-46(30-41)43-20-28-77-68(33-43)21-13-10-14-22-68)39-71(57(44)56)40-49-54-55(62)50(73)36-65(54,6)64(5)24-19-52-63(4,26-27-69-8)53(75)37-67(25-18-48(72)34-67)66(52,7)59(64)58(49)76/h29-30,32,38-39,42-43,48-49,51-52,58-60,69-70,72,74,76H,9-28,31,33-37,40H2,1-8H3/t43-,48+,49+,51-,52+,58-,59+,60-,62+,63+,64+,65+,66-,67-/m1/s1. The molecule has 8 fully saturated rings. The van der Waals surface area contributed by atoms with Gasteiger partial charge in [0.1, 0.15) is 11.9 Å². The number of H-pyrrole nitrogens is 1. The summed E-state index contributed by atoms with van der Waals surface area (Å²) in [5.41, 5.74) is 7.55. The Hall–Kier alpha value is -3.12. The molecule has 3 aliphatic heterocycles. The number of carbonyl (C=O) groups is 2. The van der Waals surface area contributed by atoms with Crippen LogP contribution in [0.5, 0.6) is 0 Å². The van der Waals surface area contributed by atoms with Crippen LogP contribution in [-0.4, -0.2) is 92.3 Å². The van der Waals surface area contributed by atoms with E-state index in [0.29, 0.717) is 62.7 Å². The number of benzene rings is 1. The third-order valence-electron chi connectivity index (χ3n) is 25.7. The fraction of sp³-hybridized carbons (Fsp3) is 0.765. The molecule has 0 bridgehead atoms. The fourth-order valence-corrected chi connectivity index (χ4v) is 21.5. The predicted octanol–water partition coefficient (Wildman–Crippen LogP) is 12.5. The Balaban J connectivity index is 0.956. The van der Waals surface area contributed by atoms with E-state index in [1.165, 1.54) is 103 Å². The summed E-state index contributed by atoms with van der Waals surface area (Å²) in [4.78, 5) is 34.7. The Kier molecular flexibility index (Phi) is 13.2. The van der Waals surface area contributed by atoms with Crippen LogP contribution >= 0.6 is 0 Å². The van der Waals surface area contributed by atoms with Gasteiger partial charge in [-0.15, -0.1) is 0 Å². The first-order valence-corrected chi connectivity index (χ1v) is 31.8. The maximum Gasteiger partial charge on any atom is 0.160 e. The van der Waals surface area contributed by atoms with E-state index in [0.717, 1.165) is 75.7 Å². The molecule has 10 heteroatoms. The van der Waals surface area contributed by atoms with Gasteiger partial charge in [0.05, 0.1) is 40.5 Å². The van der Waals surface area contributed by atoms with Crippen LogP contribution in [0.25, 0.3) is 11.0 Å². The van der Waals surface area contributed by atoms with E-state index in [9.17, 15) is 15.3 Å². The summed E-state index contributed by atoms with van der Waals surface area (Å²) in [5.74, 6) is 0.958. The molecular formula is C68H97N3O7. The third-order valence-corrected chi connectivity index (χ3v) is 25.7. The molecule has 13 rings (SSSR count). The van der Waals surface area contributed by atoms with E-state index in [4.69, 9.17) is 9.47 Å². The zero-order valence-corrected chi connectivity index (χ0v) is 49.1. The van der Waals surface area contributed by atoms with Gasteiger partial charge in [0.15, 0.2) is 5.78 Å². The molecule has 5 N–H and O–H groups in total. The molecule has 14 atom stereocenters. The molecule has 0 radical (unpaired) electrons. The van der Waals surface area contributed by atoms with Crippen LogP contribution in [0, 0.1) is 50.2 Å². The minimum atomic E-state index is -0.826. The molecule has 78 heavy (non-hydrogen) atoms. The van der Waals surface area contributed by atoms with Crippen LogP contribution in [0.4, 0.5) is 0 Å². The van der Waals surface area contributed by atoms with Gasteiger partial charge in [-0.3, -0.25) is 9.59 Å². The normalized spacial score (nSPS) is 41.6. The second-order valence-electron chi connectivity index (χ2n) is 30.3. The summed E-state index contributed by atoms with van der Waals surface area (Å²) in [5, 5.41) is 41.6. The number of fused-ring (bicyclic) bond motifs is 5. The number of aromatic nitrogens is 2. The highest BCUT2D eigenvalue weighted by molar-refractivity contribution is 6.02. The van der Waals surface area contributed by atoms with E-state index in [2.05, 4.69) is 80.1 Å². The van der Waals surface area contributed by atoms with Crippen LogP contribution in [0.1, 0.15) is 229 Å². The van der Waals surface area contributed by atoms with Crippen LogP contribution in [0.3, 0.4) is 0 Å². The molecule has 2 saturated heterocycles. The number of aliphatic hydroxyl groups is 3. The Labute approximate surface area is 466 Å². The summed E-state index contributed by atoms with van der Waals surface area (Å²) in [6.07, 6.45) is 25.0. The average Bonchev–Trinajstić information content (AvgIpc) is 3.81. The van der Waals surface area contributed by atoms with Crippen LogP contribution in [-0.2, 0) is 38.4 Å². The number of ketones is 2. The average molecular weight is 1070 g/mol. The topological polar surface area (TPSA) is 149 Å². The number of rotatable bonds is 10. The van der Waals surface area contributed by atoms with Crippen molar-refractivity contribution in [2.24, 2.45) is 50.2 Å². The fourth-order valence-electron chi connectivity index (χ4n) is 21.5. The molecule has 7 aliphatic carbocycles. The zero-order valence-electron chi connectivity index (χ0n) is 49.1. The molecule has 10 aliphatic rings. The minimum Gasteiger partial charge on any atom is -0.393 e. The van der Waals surface area contributed by atoms with Crippen LogP contribution < -0.4 is 5.32 Å². The summed E-state index contributed by atoms with van der Waals surface area (Å²) in [7, 11) is 1.98. The molecule has 3 aromatic rings. The molecule has 0 amide bonds. The highest BCUT2D eigenvalue weighted by Gasteiger charge is 2.77. The quantitative estimate of drug-likeness (QED) is 0.126. The van der Waals surface area contributed by atoms with Crippen molar-refractivity contribution in [3.05, 3.63) is 69.6 Å². The lowest BCUT2D eigenvalue weighted by Crippen LogP contribution is -2.72. The van der Waals surface area contributed by atoms with E-state index in [1.807, 2.05) is 20.9 Å². The number of aryl methyl sites for hydroxylation is 1. The van der Waals surface area contributed by atoms with Crippen molar-refractivity contribution in [3.63, 3.8) is 0 Å². The summed E-state index contributed by atoms with van der Waals surface area (Å²) < 4.78 is 15.3. The van der Waals surface area contributed by atoms with Gasteiger partial charge in [-0.25, -0.2) is 0 Å². The van der Waals surface area contributed by atoms with Crippen molar-refractivity contribution in [1.29, 1.82) is 0 Å². The molecular weight excluding hydrogens is 971 g/mol. The van der Waals surface area contributed by atoms with Crippen molar-refractivity contribution < 1.29 is 34.4 Å². The van der Waals surface area contributed by atoms with Gasteiger partial charge in [0, 0.05) is 67.1 Å². The number of hydrogen-bond donors (Lipinski definition) is 5. The molecule has 2 spiro atoms. The number of carbonyl (C=O) groups excluding carboxylic acids is 2. The number of nitrogens with one attached hydrogen (secondary N) is 2. The van der Waals surface area contributed by atoms with E-state index >= 15 is 9.59 Å². The molecule has 6 saturated carbocycles. The van der Waals surface area contributed by atoms with Gasteiger partial charge in [0.2, 0.25) is 0 Å². The Morgan fingerprint density at radius 1 is 0.833 bits per heavy atom. The lowest BCUT2D eigenvalue weighted by molar-refractivity contribution is -0.262. The zero-order chi connectivity index (χ0) is 54.6. The second kappa shape index (κ2) is 19.0. The first-order valence-electron chi connectivity index (χ1n) is 31.8. The molecule has 10 nitrogen and oxygen atoms in total. The maximum absolute atomic E-state index is 15.8. The molecule has 426 valence electrons. The van der Waals surface area contributed by atoms with Crippen LogP contribution in [0.2, 0.25) is 0 Å². The van der Waals surface area contributed by atoms with Gasteiger partial charge in [-0.2, -0.15) is 0 Å². The van der Waals surface area contributed by atoms with Gasteiger partial charge in [-0.1, -0.05) is 91.3 Å². The highest BCUT2D eigenvalue weighted by Crippen LogP contribution is 2.80. The summed E-state index contributed by atoms with van der Waals surface area (Å²) >= 11 is 0. The molecule has 5 heterocycles. The van der Waals surface area contributed by atoms with Crippen molar-refractivity contribution in [2.45, 2.75) is 257 Å². The first kappa shape index (κ1) is 54.1. The van der Waals surface area contributed by atoms with Gasteiger partial charge in [0.25, 0.3) is 0 Å². The number of Topliss-reactive ketones (excluding diaryl/α,β-unsaturated/α-hetero) is 2. The van der Waals surface area contributed by atoms with Gasteiger partial charge in [-0.05, 0) is 202 Å². The van der Waals surface area contributed by atoms with Crippen molar-refractivity contribution in [1.82, 2.24) is 14.9 Å². The van der Waals surface area contributed by atoms with Crippen molar-refractivity contribution in [3.8, 4) is 0 Å². The van der Waals surface area contributed by atoms with Gasteiger partial charge < -0.3 is 39.7 Å². The number of allylic oxidation sites excluding steroid dienone is 1. The second-order valence-corrected chi connectivity index (χ2v) is 30.3. The maximum atomic E-state index is 15.8. The number of ether oxygens (including phenoxy) is 2. The van der Waals surface area contributed by atoms with E-state index in [-0.39, 0.29) is 29.3 Å².